The molecule has 164 valence electrons. The van der Waals surface area contributed by atoms with E-state index < -0.39 is 9.84 Å². The lowest BCUT2D eigenvalue weighted by atomic mass is 10.2. The van der Waals surface area contributed by atoms with Crippen LogP contribution in [-0.4, -0.2) is 46.4 Å². The topological polar surface area (TPSA) is 79.8 Å². The van der Waals surface area contributed by atoms with Crippen molar-refractivity contribution >= 4 is 15.8 Å². The van der Waals surface area contributed by atoms with Gasteiger partial charge in [-0.1, -0.05) is 55.5 Å². The predicted octanol–water partition coefficient (Wildman–Crippen LogP) is 3.26. The minimum atomic E-state index is -3.25. The minimum Gasteiger partial charge on any atom is -0.376 e. The van der Waals surface area contributed by atoms with Crippen LogP contribution in [0.2, 0.25) is 0 Å². The predicted molar refractivity (Wildman–Crippen MR) is 122 cm³/mol. The third-order valence-electron chi connectivity index (χ3n) is 4.40. The highest BCUT2D eigenvalue weighted by molar-refractivity contribution is 7.91. The highest BCUT2D eigenvalue weighted by Crippen LogP contribution is 2.10. The number of aliphatic imine (C=N–C) groups is 1. The third kappa shape index (κ3) is 8.97. The SMILES string of the molecule is CCNC(=NCC(C)COCc1ccccc1)NCCCS(=O)(=O)c1ccccc1. The molecule has 6 nitrogen and oxygen atoms in total. The zero-order valence-corrected chi connectivity index (χ0v) is 18.7. The lowest BCUT2D eigenvalue weighted by Gasteiger charge is -2.14. The van der Waals surface area contributed by atoms with Crippen LogP contribution in [0.1, 0.15) is 25.8 Å². The average molecular weight is 432 g/mol. The second-order valence-corrected chi connectivity index (χ2v) is 9.35. The van der Waals surface area contributed by atoms with E-state index in [2.05, 4.69) is 22.5 Å². The van der Waals surface area contributed by atoms with Gasteiger partial charge in [0.05, 0.1) is 23.9 Å². The van der Waals surface area contributed by atoms with Crippen LogP contribution in [0.3, 0.4) is 0 Å². The maximum absolute atomic E-state index is 12.3. The van der Waals surface area contributed by atoms with E-state index in [-0.39, 0.29) is 11.7 Å². The van der Waals surface area contributed by atoms with Crippen molar-refractivity contribution in [1.82, 2.24) is 10.6 Å². The summed E-state index contributed by atoms with van der Waals surface area (Å²) in [5.74, 6) is 1.08. The largest absolute Gasteiger partial charge is 0.376 e. The quantitative estimate of drug-likeness (QED) is 0.306. The molecule has 0 aliphatic heterocycles. The molecule has 7 heteroatoms. The third-order valence-corrected chi connectivity index (χ3v) is 6.22. The number of guanidine groups is 1. The van der Waals surface area contributed by atoms with Crippen LogP contribution in [-0.2, 0) is 21.2 Å². The van der Waals surface area contributed by atoms with E-state index >= 15 is 0 Å². The number of benzene rings is 2. The fourth-order valence-corrected chi connectivity index (χ4v) is 4.14. The molecule has 2 rings (SSSR count). The van der Waals surface area contributed by atoms with Crippen molar-refractivity contribution in [3.05, 3.63) is 66.2 Å². The molecule has 30 heavy (non-hydrogen) atoms. The van der Waals surface area contributed by atoms with E-state index in [4.69, 9.17) is 4.74 Å². The summed E-state index contributed by atoms with van der Waals surface area (Å²) >= 11 is 0. The Morgan fingerprint density at radius 2 is 1.70 bits per heavy atom. The van der Waals surface area contributed by atoms with E-state index in [9.17, 15) is 8.42 Å². The Kier molecular flexibility index (Phi) is 10.4. The molecular weight excluding hydrogens is 398 g/mol. The van der Waals surface area contributed by atoms with Crippen LogP contribution in [0.5, 0.6) is 0 Å². The van der Waals surface area contributed by atoms with Crippen molar-refractivity contribution in [3.8, 4) is 0 Å². The fourth-order valence-electron chi connectivity index (χ4n) is 2.81. The van der Waals surface area contributed by atoms with E-state index in [1.807, 2.05) is 43.3 Å². The summed E-state index contributed by atoms with van der Waals surface area (Å²) in [5, 5.41) is 6.41. The van der Waals surface area contributed by atoms with Crippen molar-refractivity contribution in [3.63, 3.8) is 0 Å². The molecule has 0 radical (unpaired) electrons. The van der Waals surface area contributed by atoms with Gasteiger partial charge < -0.3 is 15.4 Å². The molecule has 1 unspecified atom stereocenters. The van der Waals surface area contributed by atoms with Crippen LogP contribution in [0, 0.1) is 5.92 Å². The van der Waals surface area contributed by atoms with Gasteiger partial charge in [0.25, 0.3) is 0 Å². The Labute approximate surface area is 180 Å². The second-order valence-electron chi connectivity index (χ2n) is 7.24. The molecule has 1 atom stereocenters. The molecule has 0 aromatic heterocycles. The van der Waals surface area contributed by atoms with Crippen LogP contribution in [0.4, 0.5) is 0 Å². The van der Waals surface area contributed by atoms with Gasteiger partial charge in [-0.15, -0.1) is 0 Å². The second kappa shape index (κ2) is 13.0. The first kappa shape index (κ1) is 23.9. The molecule has 0 saturated carbocycles. The van der Waals surface area contributed by atoms with E-state index in [1.165, 1.54) is 0 Å². The Hall–Kier alpha value is -2.38. The number of nitrogens with zero attached hydrogens (tertiary/aromatic N) is 1. The molecule has 0 saturated heterocycles. The molecule has 2 aromatic rings. The van der Waals surface area contributed by atoms with Crippen molar-refractivity contribution in [1.29, 1.82) is 0 Å². The van der Waals surface area contributed by atoms with Gasteiger partial charge in [-0.25, -0.2) is 8.42 Å². The number of hydrogen-bond donors (Lipinski definition) is 2. The average Bonchev–Trinajstić information content (AvgIpc) is 2.76. The summed E-state index contributed by atoms with van der Waals surface area (Å²) in [7, 11) is -3.25. The fraction of sp³-hybridized carbons (Fsp3) is 0.435. The molecular formula is C23H33N3O3S. The molecule has 2 aromatic carbocycles. The van der Waals surface area contributed by atoms with Crippen molar-refractivity contribution in [2.45, 2.75) is 31.8 Å². The van der Waals surface area contributed by atoms with Gasteiger partial charge in [0, 0.05) is 19.6 Å². The zero-order chi connectivity index (χ0) is 21.7. The number of rotatable bonds is 12. The van der Waals surface area contributed by atoms with Crippen molar-refractivity contribution < 1.29 is 13.2 Å². The molecule has 2 N–H and O–H groups in total. The first-order chi connectivity index (χ1) is 14.5. The van der Waals surface area contributed by atoms with Gasteiger partial charge in [-0.2, -0.15) is 0 Å². The van der Waals surface area contributed by atoms with Crippen LogP contribution in [0.25, 0.3) is 0 Å². The number of hydrogen-bond acceptors (Lipinski definition) is 4. The Bertz CT molecular complexity index is 856. The Morgan fingerprint density at radius 3 is 2.37 bits per heavy atom. The first-order valence-electron chi connectivity index (χ1n) is 10.4. The lowest BCUT2D eigenvalue weighted by molar-refractivity contribution is 0.0945. The molecule has 0 bridgehead atoms. The maximum Gasteiger partial charge on any atom is 0.191 e. The standard InChI is InChI=1S/C23H33N3O3S/c1-3-24-23(25-15-10-16-30(27,28)22-13-8-5-9-14-22)26-17-20(2)18-29-19-21-11-6-4-7-12-21/h4-9,11-14,20H,3,10,15-19H2,1-2H3,(H2,24,25,26). The van der Waals surface area contributed by atoms with E-state index in [0.29, 0.717) is 43.6 Å². The van der Waals surface area contributed by atoms with Crippen molar-refractivity contribution in [2.75, 3.05) is 32.0 Å². The monoisotopic (exact) mass is 431 g/mol. The maximum atomic E-state index is 12.3. The van der Waals surface area contributed by atoms with Crippen LogP contribution < -0.4 is 10.6 Å². The molecule has 0 amide bonds. The van der Waals surface area contributed by atoms with Gasteiger partial charge in [0.2, 0.25) is 0 Å². The summed E-state index contributed by atoms with van der Waals surface area (Å²) in [5.41, 5.74) is 1.16. The summed E-state index contributed by atoms with van der Waals surface area (Å²) in [6.45, 7) is 7.25. The highest BCUT2D eigenvalue weighted by atomic mass is 32.2. The molecule has 0 fully saturated rings. The molecule has 0 aliphatic rings. The van der Waals surface area contributed by atoms with Gasteiger partial charge in [-0.3, -0.25) is 4.99 Å². The van der Waals surface area contributed by atoms with Gasteiger partial charge >= 0.3 is 0 Å². The summed E-state index contributed by atoms with van der Waals surface area (Å²) in [4.78, 5) is 4.97. The zero-order valence-electron chi connectivity index (χ0n) is 17.9. The van der Waals surface area contributed by atoms with Gasteiger partial charge in [-0.05, 0) is 37.0 Å². The van der Waals surface area contributed by atoms with Crippen LogP contribution in [0.15, 0.2) is 70.6 Å². The summed E-state index contributed by atoms with van der Waals surface area (Å²) in [6, 6.07) is 18.7. The van der Waals surface area contributed by atoms with Gasteiger partial charge in [0.1, 0.15) is 0 Å². The first-order valence-corrected chi connectivity index (χ1v) is 12.1. The molecule has 0 spiro atoms. The summed E-state index contributed by atoms with van der Waals surface area (Å²) < 4.78 is 30.4. The number of sulfone groups is 1. The summed E-state index contributed by atoms with van der Waals surface area (Å²) in [6.07, 6.45) is 0.511. The van der Waals surface area contributed by atoms with Crippen LogP contribution >= 0.6 is 0 Å². The molecule has 0 aliphatic carbocycles. The van der Waals surface area contributed by atoms with E-state index in [1.54, 1.807) is 24.3 Å². The minimum absolute atomic E-state index is 0.104. The van der Waals surface area contributed by atoms with E-state index in [0.717, 1.165) is 12.1 Å². The van der Waals surface area contributed by atoms with Crippen molar-refractivity contribution in [2.24, 2.45) is 10.9 Å². The highest BCUT2D eigenvalue weighted by Gasteiger charge is 2.13. The molecule has 0 heterocycles. The number of ether oxygens (including phenoxy) is 1. The Morgan fingerprint density at radius 1 is 1.03 bits per heavy atom. The van der Waals surface area contributed by atoms with Gasteiger partial charge in [0.15, 0.2) is 15.8 Å². The normalized spacial score (nSPS) is 13.1. The Balaban J connectivity index is 1.71. The lowest BCUT2D eigenvalue weighted by Crippen LogP contribution is -2.38. The smallest absolute Gasteiger partial charge is 0.191 e. The number of nitrogens with one attached hydrogen (secondary N) is 2.